The number of halogens is 2. The lowest BCUT2D eigenvalue weighted by Gasteiger charge is -2.29. The fourth-order valence-electron chi connectivity index (χ4n) is 3.73. The van der Waals surface area contributed by atoms with E-state index in [2.05, 4.69) is 17.1 Å². The quantitative estimate of drug-likeness (QED) is 0.353. The highest BCUT2D eigenvalue weighted by Crippen LogP contribution is 2.34. The molecular formula is C24H26Cl2N2O3S. The molecule has 1 saturated heterocycles. The molecule has 1 aliphatic rings. The molecule has 1 fully saturated rings. The van der Waals surface area contributed by atoms with Crippen molar-refractivity contribution in [2.24, 2.45) is 0 Å². The summed E-state index contributed by atoms with van der Waals surface area (Å²) in [5, 5.41) is 1.30. The summed E-state index contributed by atoms with van der Waals surface area (Å²) >= 11 is 14.3. The standard InChI is InChI=1S/C24H26Cl2N2O3S/c1-29-21-6-2-18(3-7-21)14-32-15-22-13-30-24(31-22,16-28-11-10-27-17-28)9-8-19-4-5-20(25)12-23(19)26/h2-7,10-12,17,22H,8-9,13-16H2,1H3. The van der Waals surface area contributed by atoms with Gasteiger partial charge < -0.3 is 18.8 Å². The fourth-order valence-corrected chi connectivity index (χ4v) is 5.21. The number of thioether (sulfide) groups is 1. The number of benzene rings is 2. The Morgan fingerprint density at radius 2 is 2.06 bits per heavy atom. The minimum Gasteiger partial charge on any atom is -0.497 e. The third-order valence-electron chi connectivity index (χ3n) is 5.42. The van der Waals surface area contributed by atoms with Crippen molar-refractivity contribution < 1.29 is 14.2 Å². The molecule has 8 heteroatoms. The maximum absolute atomic E-state index is 6.50. The van der Waals surface area contributed by atoms with Gasteiger partial charge in [-0.2, -0.15) is 11.8 Å². The van der Waals surface area contributed by atoms with Crippen molar-refractivity contribution >= 4 is 35.0 Å². The summed E-state index contributed by atoms with van der Waals surface area (Å²) in [6.45, 7) is 1.15. The van der Waals surface area contributed by atoms with Crippen LogP contribution in [0.4, 0.5) is 0 Å². The predicted molar refractivity (Wildman–Crippen MR) is 130 cm³/mol. The minimum absolute atomic E-state index is 0.0301. The molecule has 0 aliphatic carbocycles. The van der Waals surface area contributed by atoms with Crippen molar-refractivity contribution in [1.82, 2.24) is 9.55 Å². The Morgan fingerprint density at radius 3 is 2.78 bits per heavy atom. The van der Waals surface area contributed by atoms with Gasteiger partial charge in [0.2, 0.25) is 0 Å². The molecular weight excluding hydrogens is 467 g/mol. The van der Waals surface area contributed by atoms with Crippen LogP contribution in [-0.4, -0.2) is 40.9 Å². The maximum Gasteiger partial charge on any atom is 0.187 e. The molecule has 170 valence electrons. The van der Waals surface area contributed by atoms with E-state index in [-0.39, 0.29) is 6.10 Å². The average molecular weight is 493 g/mol. The van der Waals surface area contributed by atoms with Gasteiger partial charge in [0.05, 0.1) is 32.7 Å². The van der Waals surface area contributed by atoms with Gasteiger partial charge >= 0.3 is 0 Å². The van der Waals surface area contributed by atoms with E-state index in [1.165, 1.54) is 5.56 Å². The van der Waals surface area contributed by atoms with Crippen LogP contribution in [0.2, 0.25) is 10.0 Å². The molecule has 0 bridgehead atoms. The van der Waals surface area contributed by atoms with Gasteiger partial charge in [-0.1, -0.05) is 41.4 Å². The van der Waals surface area contributed by atoms with E-state index in [0.717, 1.165) is 29.2 Å². The molecule has 1 aromatic heterocycles. The molecule has 2 atom stereocenters. The normalized spacial score (nSPS) is 20.5. The number of aromatic nitrogens is 2. The van der Waals surface area contributed by atoms with Crippen LogP contribution in [0.3, 0.4) is 0 Å². The molecule has 3 aromatic rings. The first-order valence-electron chi connectivity index (χ1n) is 10.5. The van der Waals surface area contributed by atoms with Crippen molar-refractivity contribution in [3.63, 3.8) is 0 Å². The highest BCUT2D eigenvalue weighted by atomic mass is 35.5. The second-order valence-electron chi connectivity index (χ2n) is 7.80. The van der Waals surface area contributed by atoms with Gasteiger partial charge in [0.25, 0.3) is 0 Å². The zero-order valence-corrected chi connectivity index (χ0v) is 20.2. The van der Waals surface area contributed by atoms with Crippen molar-refractivity contribution in [1.29, 1.82) is 0 Å². The van der Waals surface area contributed by atoms with Crippen molar-refractivity contribution in [3.05, 3.63) is 82.4 Å². The molecule has 0 N–H and O–H groups in total. The fraction of sp³-hybridized carbons (Fsp3) is 0.375. The number of aryl methyl sites for hydroxylation is 1. The van der Waals surface area contributed by atoms with E-state index in [1.807, 2.05) is 46.8 Å². The smallest absolute Gasteiger partial charge is 0.187 e. The Labute approximate surface area is 203 Å². The number of methoxy groups -OCH3 is 1. The van der Waals surface area contributed by atoms with Gasteiger partial charge in [0.15, 0.2) is 5.79 Å². The van der Waals surface area contributed by atoms with Crippen molar-refractivity contribution in [2.75, 3.05) is 19.5 Å². The van der Waals surface area contributed by atoms with Gasteiger partial charge in [-0.05, 0) is 41.8 Å². The monoisotopic (exact) mass is 492 g/mol. The molecule has 5 nitrogen and oxygen atoms in total. The highest BCUT2D eigenvalue weighted by molar-refractivity contribution is 7.98. The van der Waals surface area contributed by atoms with E-state index in [4.69, 9.17) is 37.4 Å². The van der Waals surface area contributed by atoms with Crippen molar-refractivity contribution in [2.45, 2.75) is 37.0 Å². The van der Waals surface area contributed by atoms with Crippen LogP contribution >= 0.6 is 35.0 Å². The SMILES string of the molecule is COc1ccc(CSCC2COC(CCc3ccc(Cl)cc3Cl)(Cn3ccnc3)O2)cc1. The number of rotatable bonds is 10. The molecule has 2 unspecified atom stereocenters. The molecule has 0 amide bonds. The Morgan fingerprint density at radius 1 is 1.22 bits per heavy atom. The van der Waals surface area contributed by atoms with Crippen LogP contribution in [0.15, 0.2) is 61.2 Å². The molecule has 32 heavy (non-hydrogen) atoms. The minimum atomic E-state index is -0.713. The van der Waals surface area contributed by atoms with E-state index < -0.39 is 5.79 Å². The lowest BCUT2D eigenvalue weighted by molar-refractivity contribution is -0.180. The van der Waals surface area contributed by atoms with Crippen molar-refractivity contribution in [3.8, 4) is 5.75 Å². The summed E-state index contributed by atoms with van der Waals surface area (Å²) in [6, 6.07) is 13.8. The van der Waals surface area contributed by atoms with Gasteiger partial charge in [0.1, 0.15) is 5.75 Å². The van der Waals surface area contributed by atoms with E-state index in [9.17, 15) is 0 Å². The number of nitrogens with zero attached hydrogens (tertiary/aromatic N) is 2. The molecule has 0 spiro atoms. The van der Waals surface area contributed by atoms with Crippen LogP contribution in [0.25, 0.3) is 0 Å². The van der Waals surface area contributed by atoms with Crippen LogP contribution < -0.4 is 4.74 Å². The lowest BCUT2D eigenvalue weighted by atomic mass is 10.0. The first-order chi connectivity index (χ1) is 15.5. The average Bonchev–Trinajstić information content (AvgIpc) is 3.44. The van der Waals surface area contributed by atoms with Gasteiger partial charge in [0, 0.05) is 40.4 Å². The topological polar surface area (TPSA) is 45.5 Å². The molecule has 2 heterocycles. The summed E-state index contributed by atoms with van der Waals surface area (Å²) in [4.78, 5) is 4.16. The lowest BCUT2D eigenvalue weighted by Crippen LogP contribution is -2.37. The summed E-state index contributed by atoms with van der Waals surface area (Å²) in [6.07, 6.45) is 6.93. The Bertz CT molecular complexity index is 1000. The molecule has 0 saturated carbocycles. The number of hydrogen-bond acceptors (Lipinski definition) is 5. The Balaban J connectivity index is 1.36. The van der Waals surface area contributed by atoms with E-state index in [1.54, 1.807) is 25.7 Å². The van der Waals surface area contributed by atoms with Gasteiger partial charge in [-0.3, -0.25) is 0 Å². The zero-order chi connectivity index (χ0) is 22.4. The number of hydrogen-bond donors (Lipinski definition) is 0. The van der Waals surface area contributed by atoms with Gasteiger partial charge in [-0.25, -0.2) is 4.98 Å². The summed E-state index contributed by atoms with van der Waals surface area (Å²) in [7, 11) is 1.68. The molecule has 2 aromatic carbocycles. The molecule has 4 rings (SSSR count). The summed E-state index contributed by atoms with van der Waals surface area (Å²) in [5.41, 5.74) is 2.29. The maximum atomic E-state index is 6.50. The summed E-state index contributed by atoms with van der Waals surface area (Å²) in [5.74, 6) is 1.93. The largest absolute Gasteiger partial charge is 0.497 e. The second-order valence-corrected chi connectivity index (χ2v) is 9.67. The third kappa shape index (κ3) is 6.21. The van der Waals surface area contributed by atoms with Gasteiger partial charge in [-0.15, -0.1) is 0 Å². The van der Waals surface area contributed by atoms with E-state index >= 15 is 0 Å². The number of ether oxygens (including phenoxy) is 3. The zero-order valence-electron chi connectivity index (χ0n) is 17.9. The van der Waals surface area contributed by atoms with Crippen LogP contribution in [0.1, 0.15) is 17.5 Å². The Kier molecular flexibility index (Phi) is 8.02. The predicted octanol–water partition coefficient (Wildman–Crippen LogP) is 5.88. The summed E-state index contributed by atoms with van der Waals surface area (Å²) < 4.78 is 20.0. The van der Waals surface area contributed by atoms with Crippen LogP contribution in [0.5, 0.6) is 5.75 Å². The highest BCUT2D eigenvalue weighted by Gasteiger charge is 2.41. The third-order valence-corrected chi connectivity index (χ3v) is 7.15. The molecule has 0 radical (unpaired) electrons. The van der Waals surface area contributed by atoms with Crippen LogP contribution in [0, 0.1) is 0 Å². The first kappa shape index (κ1) is 23.5. The number of imidazole rings is 1. The van der Waals surface area contributed by atoms with E-state index in [0.29, 0.717) is 29.6 Å². The molecule has 1 aliphatic heterocycles. The Hall–Kier alpha value is -1.70. The van der Waals surface area contributed by atoms with Crippen LogP contribution in [-0.2, 0) is 28.2 Å². The first-order valence-corrected chi connectivity index (χ1v) is 12.4. The second kappa shape index (κ2) is 10.9.